The topological polar surface area (TPSA) is 3.24 Å². The molecular formula is C16H33N. The van der Waals surface area contributed by atoms with E-state index in [1.54, 1.807) is 0 Å². The molecule has 0 aliphatic carbocycles. The first kappa shape index (κ1) is 16.7. The fourth-order valence-corrected chi connectivity index (χ4v) is 1.97. The quantitative estimate of drug-likeness (QED) is 0.618. The van der Waals surface area contributed by atoms with Crippen molar-refractivity contribution >= 4 is 0 Å². The van der Waals surface area contributed by atoms with E-state index in [-0.39, 0.29) is 11.0 Å². The molecule has 0 saturated carbocycles. The van der Waals surface area contributed by atoms with Crippen LogP contribution in [-0.2, 0) is 0 Å². The van der Waals surface area contributed by atoms with E-state index in [1.165, 1.54) is 24.8 Å². The van der Waals surface area contributed by atoms with Gasteiger partial charge in [-0.05, 0) is 39.7 Å². The monoisotopic (exact) mass is 239 g/mol. The molecule has 0 rings (SSSR count). The van der Waals surface area contributed by atoms with Gasteiger partial charge in [0.25, 0.3) is 0 Å². The van der Waals surface area contributed by atoms with Crippen molar-refractivity contribution in [2.45, 2.75) is 79.3 Å². The van der Waals surface area contributed by atoms with Gasteiger partial charge in [0.15, 0.2) is 0 Å². The highest BCUT2D eigenvalue weighted by molar-refractivity contribution is 5.15. The number of hydrogen-bond donors (Lipinski definition) is 0. The Hall–Kier alpha value is -0.300. The van der Waals surface area contributed by atoms with Crippen molar-refractivity contribution in [1.82, 2.24) is 4.90 Å². The van der Waals surface area contributed by atoms with Crippen molar-refractivity contribution in [2.24, 2.45) is 5.41 Å². The second-order valence-electron chi connectivity index (χ2n) is 7.21. The average Bonchev–Trinajstić information content (AvgIpc) is 2.14. The van der Waals surface area contributed by atoms with Gasteiger partial charge >= 0.3 is 0 Å². The molecule has 1 atom stereocenters. The van der Waals surface area contributed by atoms with Crippen LogP contribution in [0.2, 0.25) is 0 Å². The Morgan fingerprint density at radius 2 is 1.59 bits per heavy atom. The van der Waals surface area contributed by atoms with Crippen LogP contribution < -0.4 is 0 Å². The van der Waals surface area contributed by atoms with Crippen molar-refractivity contribution in [1.29, 1.82) is 0 Å². The molecule has 0 spiro atoms. The van der Waals surface area contributed by atoms with Crippen molar-refractivity contribution in [2.75, 3.05) is 7.05 Å². The highest BCUT2D eigenvalue weighted by Crippen LogP contribution is 2.33. The lowest BCUT2D eigenvalue weighted by atomic mass is 9.80. The number of rotatable bonds is 5. The summed E-state index contributed by atoms with van der Waals surface area (Å²) < 4.78 is 0. The molecule has 0 aromatic carbocycles. The molecule has 0 aromatic heterocycles. The molecule has 0 aliphatic rings. The van der Waals surface area contributed by atoms with E-state index < -0.39 is 0 Å². The lowest BCUT2D eigenvalue weighted by molar-refractivity contribution is 0.117. The number of likely N-dealkylation sites (N-methyl/N-ethyl adjacent to an activating group) is 1. The molecular weight excluding hydrogens is 206 g/mol. The summed E-state index contributed by atoms with van der Waals surface area (Å²) in [6.07, 6.45) is 3.76. The third-order valence-corrected chi connectivity index (χ3v) is 3.72. The number of nitrogens with zero attached hydrogens (tertiary/aromatic N) is 1. The first-order chi connectivity index (χ1) is 7.51. The van der Waals surface area contributed by atoms with Gasteiger partial charge in [-0.3, -0.25) is 4.90 Å². The van der Waals surface area contributed by atoms with Crippen LogP contribution in [0.3, 0.4) is 0 Å². The molecule has 17 heavy (non-hydrogen) atoms. The molecule has 1 nitrogen and oxygen atoms in total. The zero-order valence-electron chi connectivity index (χ0n) is 13.4. The predicted octanol–water partition coefficient (Wildman–Crippen LogP) is 4.88. The van der Waals surface area contributed by atoms with E-state index >= 15 is 0 Å². The Morgan fingerprint density at radius 1 is 1.12 bits per heavy atom. The van der Waals surface area contributed by atoms with Gasteiger partial charge in [-0.2, -0.15) is 0 Å². The molecule has 0 radical (unpaired) electrons. The summed E-state index contributed by atoms with van der Waals surface area (Å²) in [5.74, 6) is 0. The smallest absolute Gasteiger partial charge is 0.0312 e. The molecule has 1 heteroatoms. The Bertz CT molecular complexity index is 239. The molecule has 0 amide bonds. The minimum atomic E-state index is 0.192. The summed E-state index contributed by atoms with van der Waals surface area (Å²) in [5, 5.41) is 0. The minimum Gasteiger partial charge on any atom is -0.295 e. The summed E-state index contributed by atoms with van der Waals surface area (Å²) in [4.78, 5) is 2.48. The minimum absolute atomic E-state index is 0.192. The Morgan fingerprint density at radius 3 is 1.88 bits per heavy atom. The van der Waals surface area contributed by atoms with Crippen LogP contribution in [0, 0.1) is 5.41 Å². The van der Waals surface area contributed by atoms with Gasteiger partial charge < -0.3 is 0 Å². The Kier molecular flexibility index (Phi) is 5.93. The van der Waals surface area contributed by atoms with Gasteiger partial charge in [0.1, 0.15) is 0 Å². The fraction of sp³-hybridized carbons (Fsp3) is 0.875. The van der Waals surface area contributed by atoms with Crippen molar-refractivity contribution in [3.05, 3.63) is 12.2 Å². The molecule has 1 unspecified atom stereocenters. The standard InChI is InChI=1S/C16H33N/c1-10-11-12-14(13(2)15(3,4)5)17(9)16(6,7)8/h14H,2,10-12H2,1,3-9H3. The van der Waals surface area contributed by atoms with Gasteiger partial charge in [-0.25, -0.2) is 0 Å². The molecule has 0 bridgehead atoms. The van der Waals surface area contributed by atoms with E-state index in [0.29, 0.717) is 6.04 Å². The molecule has 0 N–H and O–H groups in total. The number of unbranched alkanes of at least 4 members (excludes halogenated alkanes) is 1. The van der Waals surface area contributed by atoms with Crippen LogP contribution in [-0.4, -0.2) is 23.5 Å². The Labute approximate surface area is 109 Å². The largest absolute Gasteiger partial charge is 0.295 e. The van der Waals surface area contributed by atoms with E-state index in [9.17, 15) is 0 Å². The summed E-state index contributed by atoms with van der Waals surface area (Å²) >= 11 is 0. The van der Waals surface area contributed by atoms with Crippen LogP contribution in [0.1, 0.15) is 67.7 Å². The second kappa shape index (κ2) is 6.04. The van der Waals surface area contributed by atoms with E-state index in [0.717, 1.165) is 0 Å². The fourth-order valence-electron chi connectivity index (χ4n) is 1.97. The predicted molar refractivity (Wildman–Crippen MR) is 79.4 cm³/mol. The molecule has 0 heterocycles. The third kappa shape index (κ3) is 5.25. The zero-order valence-corrected chi connectivity index (χ0v) is 13.4. The average molecular weight is 239 g/mol. The molecule has 0 saturated heterocycles. The van der Waals surface area contributed by atoms with Crippen molar-refractivity contribution < 1.29 is 0 Å². The van der Waals surface area contributed by atoms with Gasteiger partial charge in [0.2, 0.25) is 0 Å². The first-order valence-corrected chi connectivity index (χ1v) is 6.94. The summed E-state index contributed by atoms with van der Waals surface area (Å²) in [7, 11) is 2.23. The maximum atomic E-state index is 4.37. The summed E-state index contributed by atoms with van der Waals surface area (Å²) in [6, 6.07) is 0.495. The van der Waals surface area contributed by atoms with Gasteiger partial charge in [0, 0.05) is 11.6 Å². The lowest BCUT2D eigenvalue weighted by Crippen LogP contribution is -2.47. The second-order valence-corrected chi connectivity index (χ2v) is 7.21. The number of hydrogen-bond acceptors (Lipinski definition) is 1. The lowest BCUT2D eigenvalue weighted by Gasteiger charge is -2.43. The van der Waals surface area contributed by atoms with Crippen LogP contribution in [0.25, 0.3) is 0 Å². The van der Waals surface area contributed by atoms with Crippen LogP contribution >= 0.6 is 0 Å². The molecule has 102 valence electrons. The maximum absolute atomic E-state index is 4.37. The Balaban J connectivity index is 4.95. The van der Waals surface area contributed by atoms with Crippen molar-refractivity contribution in [3.8, 4) is 0 Å². The molecule has 0 aliphatic heterocycles. The van der Waals surface area contributed by atoms with Gasteiger partial charge in [-0.1, -0.05) is 52.7 Å². The molecule has 0 aromatic rings. The normalized spacial score (nSPS) is 15.1. The van der Waals surface area contributed by atoms with Gasteiger partial charge in [-0.15, -0.1) is 0 Å². The van der Waals surface area contributed by atoms with Gasteiger partial charge in [0.05, 0.1) is 0 Å². The van der Waals surface area contributed by atoms with Crippen LogP contribution in [0.5, 0.6) is 0 Å². The zero-order chi connectivity index (χ0) is 13.9. The molecule has 0 fully saturated rings. The van der Waals surface area contributed by atoms with E-state index in [1.807, 2.05) is 0 Å². The summed E-state index contributed by atoms with van der Waals surface area (Å²) in [5.41, 5.74) is 1.76. The highest BCUT2D eigenvalue weighted by atomic mass is 15.2. The third-order valence-electron chi connectivity index (χ3n) is 3.72. The SMILES string of the molecule is C=C(C(CCCC)N(C)C(C)(C)C)C(C)(C)C. The van der Waals surface area contributed by atoms with E-state index in [4.69, 9.17) is 0 Å². The first-order valence-electron chi connectivity index (χ1n) is 6.94. The van der Waals surface area contributed by atoms with Crippen LogP contribution in [0.4, 0.5) is 0 Å². The highest BCUT2D eigenvalue weighted by Gasteiger charge is 2.31. The van der Waals surface area contributed by atoms with E-state index in [2.05, 4.69) is 67.0 Å². The summed E-state index contributed by atoms with van der Waals surface area (Å²) in [6.45, 7) is 20.3. The van der Waals surface area contributed by atoms with Crippen molar-refractivity contribution in [3.63, 3.8) is 0 Å². The maximum Gasteiger partial charge on any atom is 0.0312 e. The van der Waals surface area contributed by atoms with Crippen LogP contribution in [0.15, 0.2) is 12.2 Å².